The molecule has 0 atom stereocenters. The van der Waals surface area contributed by atoms with Gasteiger partial charge in [0.1, 0.15) is 0 Å². The predicted molar refractivity (Wildman–Crippen MR) is 30.3 cm³/mol. The van der Waals surface area contributed by atoms with Crippen LogP contribution in [0.1, 0.15) is 0 Å². The molecule has 0 amide bonds. The molecule has 0 aromatic rings. The van der Waals surface area contributed by atoms with E-state index in [1.165, 1.54) is 0 Å². The van der Waals surface area contributed by atoms with Crippen molar-refractivity contribution < 1.29 is 149 Å². The summed E-state index contributed by atoms with van der Waals surface area (Å²) in [6.07, 6.45) is 0. The Morgan fingerprint density at radius 1 is 0.312 bits per heavy atom. The summed E-state index contributed by atoms with van der Waals surface area (Å²) in [5.74, 6) is 0. The first-order valence-electron chi connectivity index (χ1n) is 0.408. The van der Waals surface area contributed by atoms with Crippen molar-refractivity contribution in [1.29, 1.82) is 0 Å². The van der Waals surface area contributed by atoms with Crippen LogP contribution in [0.2, 0.25) is 0 Å². The third-order valence-electron chi connectivity index (χ3n) is 0. The Morgan fingerprint density at radius 3 is 0.312 bits per heavy atom. The van der Waals surface area contributed by atoms with Gasteiger partial charge in [0.2, 0.25) is 0 Å². The van der Waals surface area contributed by atoms with Gasteiger partial charge < -0.3 is 93.4 Å². The summed E-state index contributed by atoms with van der Waals surface area (Å²) in [7, 11) is 0. The Bertz CT molecular complexity index is 22.8. The van der Waals surface area contributed by atoms with E-state index in [9.17, 15) is 0 Å². The van der Waals surface area contributed by atoms with Gasteiger partial charge in [-0.2, -0.15) is 0 Å². The molecule has 16 N–H and O–H groups in total. The molecule has 16 heteroatoms. The molecule has 0 aliphatic carbocycles. The van der Waals surface area contributed by atoms with Crippen LogP contribution >= 0.6 is 0 Å². The number of hydrogen-bond donors (Lipinski definition) is 0. The maximum absolute atomic E-state index is 8.34. The maximum atomic E-state index is 8.34. The second-order valence-electron chi connectivity index (χ2n) is 0. The summed E-state index contributed by atoms with van der Waals surface area (Å²) in [4.78, 5) is 0. The Morgan fingerprint density at radius 2 is 0.312 bits per heavy atom. The molecular weight excluding hydrogens is 484 g/mol. The molecule has 0 rings (SSSR count). The zero-order valence-corrected chi connectivity index (χ0v) is 15.3. The second kappa shape index (κ2) is 928. The van der Waals surface area contributed by atoms with E-state index < -0.39 is 0 Å². The van der Waals surface area contributed by atoms with Gasteiger partial charge in [0, 0.05) is 0 Å². The fourth-order valence-electron chi connectivity index (χ4n) is 0. The van der Waals surface area contributed by atoms with Crippen molar-refractivity contribution in [3.63, 3.8) is 0 Å². The van der Waals surface area contributed by atoms with Crippen LogP contribution in [-0.2, 0) is 55.1 Å². The first-order valence-corrected chi connectivity index (χ1v) is 2.42. The van der Waals surface area contributed by atoms with E-state index in [2.05, 4.69) is 0 Å². The van der Waals surface area contributed by atoms with Crippen LogP contribution in [-0.4, -0.2) is 43.8 Å². The molecule has 0 saturated heterocycles. The van der Waals surface area contributed by atoms with Gasteiger partial charge >= 0.3 is 55.1 Å². The van der Waals surface area contributed by atoms with Gasteiger partial charge in [0.05, 0.1) is 0 Å². The molecule has 0 radical (unpaired) electrons. The Hall–Kier alpha value is 2.21. The van der Waals surface area contributed by atoms with Gasteiger partial charge in [-0.3, -0.25) is 0 Å². The van der Waals surface area contributed by atoms with Crippen LogP contribution < -0.4 is 49.6 Å². The van der Waals surface area contributed by atoms with Crippen molar-refractivity contribution in [2.75, 3.05) is 0 Å². The van der Waals surface area contributed by atoms with Crippen molar-refractivity contribution >= 4 is 0 Å². The monoisotopic (exact) mass is 496 g/mol. The van der Waals surface area contributed by atoms with Crippen LogP contribution in [0.15, 0.2) is 0 Å². The summed E-state index contributed by atoms with van der Waals surface area (Å²) >= 11 is 0.600. The van der Waals surface area contributed by atoms with Crippen molar-refractivity contribution in [3.8, 4) is 0 Å². The van der Waals surface area contributed by atoms with Crippen molar-refractivity contribution in [3.05, 3.63) is 0 Å². The third kappa shape index (κ3) is 770. The molecule has 0 heterocycles. The summed E-state index contributed by atoms with van der Waals surface area (Å²) in [5, 5.41) is 0. The standard InChI is InChI=1S/4ClH.8H2O.2O.2Zr/h4*1H;8*1H2;;;;/q;;;;;;;;;;;;;;2*+2/p-4. The van der Waals surface area contributed by atoms with Gasteiger partial charge in [-0.1, -0.05) is 0 Å². The molecular formula is H16Cl4O10Zr2. The van der Waals surface area contributed by atoms with E-state index in [4.69, 9.17) is 5.63 Å². The molecule has 0 aromatic carbocycles. The van der Waals surface area contributed by atoms with E-state index >= 15 is 0 Å². The normalized spacial score (nSPS) is 0.750. The first-order chi connectivity index (χ1) is 2.00. The van der Waals surface area contributed by atoms with Gasteiger partial charge in [0.15, 0.2) is 0 Å². The van der Waals surface area contributed by atoms with E-state index in [-0.39, 0.29) is 93.4 Å². The molecule has 0 aromatic heterocycles. The molecule has 16 heavy (non-hydrogen) atoms. The molecule has 0 aliphatic heterocycles. The van der Waals surface area contributed by atoms with Gasteiger partial charge in [-0.15, -0.1) is 0 Å². The first kappa shape index (κ1) is 305. The molecule has 0 spiro atoms. The van der Waals surface area contributed by atoms with Crippen molar-refractivity contribution in [1.82, 2.24) is 0 Å². The molecule has 0 saturated carbocycles. The number of rotatable bonds is 0. The Kier molecular flexibility index (Phi) is 17700. The van der Waals surface area contributed by atoms with Gasteiger partial charge in [-0.05, 0) is 0 Å². The Balaban J connectivity index is -0.000000000238. The van der Waals surface area contributed by atoms with E-state index in [0.29, 0.717) is 49.4 Å². The van der Waals surface area contributed by atoms with Crippen molar-refractivity contribution in [2.24, 2.45) is 0 Å². The van der Waals surface area contributed by atoms with Crippen LogP contribution in [0.5, 0.6) is 0 Å². The molecule has 0 aliphatic rings. The van der Waals surface area contributed by atoms with Crippen LogP contribution in [0.4, 0.5) is 0 Å². The van der Waals surface area contributed by atoms with Gasteiger partial charge in [-0.25, -0.2) is 0 Å². The molecule has 112 valence electrons. The van der Waals surface area contributed by atoms with Crippen LogP contribution in [0.25, 0.3) is 0 Å². The fraction of sp³-hybridized carbons (Fsp3) is 0. The van der Waals surface area contributed by atoms with Gasteiger partial charge in [0.25, 0.3) is 0 Å². The molecule has 10 nitrogen and oxygen atoms in total. The predicted octanol–water partition coefficient (Wildman–Crippen LogP) is -18.8. The molecule has 0 bridgehead atoms. The zero-order chi connectivity index (χ0) is 4.00. The van der Waals surface area contributed by atoms with Crippen LogP contribution in [0, 0.1) is 0 Å². The molecule has 0 fully saturated rings. The SMILES string of the molecule is O.O.O.O.O.O.O.O.[Cl-].[Cl-].[Cl-].[Cl-].[O]=[Zr+2].[O]=[Zr+2]. The average molecular weight is 500 g/mol. The minimum atomic E-state index is 0. The summed E-state index contributed by atoms with van der Waals surface area (Å²) in [6.45, 7) is 0. The number of halogens is 4. The minimum absolute atomic E-state index is 0. The topological polar surface area (TPSA) is 286 Å². The third-order valence-corrected chi connectivity index (χ3v) is 0. The Labute approximate surface area is 147 Å². The summed E-state index contributed by atoms with van der Waals surface area (Å²) < 4.78 is 16.7. The van der Waals surface area contributed by atoms with Crippen molar-refractivity contribution in [2.45, 2.75) is 0 Å². The number of hydrogen-bond acceptors (Lipinski definition) is 2. The molecule has 0 unspecified atom stereocenters. The average Bonchev–Trinajstić information content (AvgIpc) is 1.50. The van der Waals surface area contributed by atoms with E-state index in [0.717, 1.165) is 0 Å². The van der Waals surface area contributed by atoms with Crippen LogP contribution in [0.3, 0.4) is 0 Å². The van der Waals surface area contributed by atoms with E-state index in [1.807, 2.05) is 0 Å². The summed E-state index contributed by atoms with van der Waals surface area (Å²) in [6, 6.07) is 0. The quantitative estimate of drug-likeness (QED) is 0.313. The summed E-state index contributed by atoms with van der Waals surface area (Å²) in [5.41, 5.74) is 0. The second-order valence-corrected chi connectivity index (χ2v) is 0. The zero-order valence-electron chi connectivity index (χ0n) is 7.33. The fourth-order valence-corrected chi connectivity index (χ4v) is 0. The van der Waals surface area contributed by atoms with E-state index in [1.54, 1.807) is 0 Å².